The van der Waals surface area contributed by atoms with Crippen LogP contribution >= 0.6 is 0 Å². The number of ether oxygens (including phenoxy) is 2. The molecule has 10 heteroatoms. The highest BCUT2D eigenvalue weighted by atomic mass is 16.6. The predicted molar refractivity (Wildman–Crippen MR) is 184 cm³/mol. The predicted octanol–water partition coefficient (Wildman–Crippen LogP) is 7.66. The van der Waals surface area contributed by atoms with Gasteiger partial charge in [-0.05, 0) is 51.2 Å². The number of hydrazine groups is 1. The largest absolute Gasteiger partial charge is 0.458 e. The van der Waals surface area contributed by atoms with Gasteiger partial charge in [0.05, 0.1) is 6.61 Å². The smallest absolute Gasteiger partial charge is 0.429 e. The van der Waals surface area contributed by atoms with Crippen LogP contribution in [-0.4, -0.2) is 52.1 Å². The maximum Gasteiger partial charge on any atom is 0.429 e. The number of unbranched alkanes of at least 4 members (excludes halogenated alkanes) is 7. The van der Waals surface area contributed by atoms with Crippen molar-refractivity contribution in [3.8, 4) is 0 Å². The van der Waals surface area contributed by atoms with E-state index in [-0.39, 0.29) is 26.2 Å². The Bertz CT molecular complexity index is 1270. The average Bonchev–Trinajstić information content (AvgIpc) is 3.07. The molecule has 1 saturated heterocycles. The monoisotopic (exact) mass is 665 g/mol. The lowest BCUT2D eigenvalue weighted by molar-refractivity contribution is -0.183. The maximum atomic E-state index is 14.5. The molecule has 48 heavy (non-hydrogen) atoms. The molecule has 0 spiro atoms. The first-order valence-corrected chi connectivity index (χ1v) is 17.6. The highest BCUT2D eigenvalue weighted by Crippen LogP contribution is 2.28. The molecule has 0 unspecified atom stereocenters. The Hall–Kier alpha value is -3.92. The van der Waals surface area contributed by atoms with Crippen molar-refractivity contribution >= 4 is 23.9 Å². The summed E-state index contributed by atoms with van der Waals surface area (Å²) in [5.74, 6) is -2.33. The first-order chi connectivity index (χ1) is 23.1. The molecule has 264 valence electrons. The number of hydrogen-bond donors (Lipinski definition) is 1. The van der Waals surface area contributed by atoms with Crippen LogP contribution in [0.5, 0.6) is 0 Å². The van der Waals surface area contributed by atoms with E-state index in [2.05, 4.69) is 12.4 Å². The SMILES string of the molecule is CCCCCCCCCC[C@H](CC(=O)NOCc1ccccc1)C(=O)N1[C@H](C(=O)OC(C)(C)C)CCCN1C(=O)OCc1ccccc1. The van der Waals surface area contributed by atoms with E-state index in [0.717, 1.165) is 36.8 Å². The van der Waals surface area contributed by atoms with Gasteiger partial charge in [0.1, 0.15) is 12.2 Å². The van der Waals surface area contributed by atoms with E-state index in [1.54, 1.807) is 20.8 Å². The van der Waals surface area contributed by atoms with Gasteiger partial charge in [-0.25, -0.2) is 25.1 Å². The number of amides is 3. The molecule has 2 aromatic rings. The van der Waals surface area contributed by atoms with E-state index >= 15 is 0 Å². The Morgan fingerprint density at radius 2 is 1.42 bits per heavy atom. The Morgan fingerprint density at radius 1 is 0.833 bits per heavy atom. The summed E-state index contributed by atoms with van der Waals surface area (Å²) >= 11 is 0. The van der Waals surface area contributed by atoms with Crippen molar-refractivity contribution in [1.29, 1.82) is 0 Å². The molecule has 1 fully saturated rings. The molecule has 1 aliphatic heterocycles. The summed E-state index contributed by atoms with van der Waals surface area (Å²) in [5.41, 5.74) is 3.37. The molecule has 1 N–H and O–H groups in total. The van der Waals surface area contributed by atoms with Crippen LogP contribution in [0.25, 0.3) is 0 Å². The number of rotatable bonds is 18. The fourth-order valence-electron chi connectivity index (χ4n) is 5.73. The lowest BCUT2D eigenvalue weighted by Gasteiger charge is -2.43. The molecule has 10 nitrogen and oxygen atoms in total. The molecule has 3 amide bonds. The molecule has 2 aromatic carbocycles. The van der Waals surface area contributed by atoms with E-state index in [1.165, 1.54) is 35.7 Å². The Morgan fingerprint density at radius 3 is 2.02 bits per heavy atom. The molecule has 0 aromatic heterocycles. The molecule has 0 radical (unpaired) electrons. The molecular formula is C38H55N3O7. The molecule has 2 atom stereocenters. The molecule has 0 saturated carbocycles. The zero-order valence-corrected chi connectivity index (χ0v) is 29.3. The second-order valence-electron chi connectivity index (χ2n) is 13.5. The van der Waals surface area contributed by atoms with Crippen LogP contribution in [0, 0.1) is 5.92 Å². The second-order valence-corrected chi connectivity index (χ2v) is 13.5. The van der Waals surface area contributed by atoms with Crippen molar-refractivity contribution in [2.75, 3.05) is 6.54 Å². The third kappa shape index (κ3) is 13.7. The fraction of sp³-hybridized carbons (Fsp3) is 0.579. The van der Waals surface area contributed by atoms with Crippen LogP contribution in [0.3, 0.4) is 0 Å². The first kappa shape index (κ1) is 38.5. The van der Waals surface area contributed by atoms with Crippen LogP contribution in [0.2, 0.25) is 0 Å². The van der Waals surface area contributed by atoms with Crippen LogP contribution in [0.4, 0.5) is 4.79 Å². The van der Waals surface area contributed by atoms with Gasteiger partial charge in [0, 0.05) is 18.9 Å². The number of carbonyl (C=O) groups is 4. The lowest BCUT2D eigenvalue weighted by Crippen LogP contribution is -2.62. The summed E-state index contributed by atoms with van der Waals surface area (Å²) in [6.07, 6.45) is 8.97. The topological polar surface area (TPSA) is 114 Å². The van der Waals surface area contributed by atoms with Crippen molar-refractivity contribution in [3.05, 3.63) is 71.8 Å². The van der Waals surface area contributed by atoms with Crippen molar-refractivity contribution in [2.24, 2.45) is 5.92 Å². The normalized spacial score (nSPS) is 15.5. The summed E-state index contributed by atoms with van der Waals surface area (Å²) in [4.78, 5) is 60.1. The summed E-state index contributed by atoms with van der Waals surface area (Å²) in [6, 6.07) is 17.7. The quantitative estimate of drug-likeness (QED) is 0.0988. The van der Waals surface area contributed by atoms with Gasteiger partial charge >= 0.3 is 12.1 Å². The highest BCUT2D eigenvalue weighted by molar-refractivity contribution is 5.90. The number of esters is 1. The van der Waals surface area contributed by atoms with Gasteiger partial charge in [0.15, 0.2) is 6.04 Å². The maximum absolute atomic E-state index is 14.5. The van der Waals surface area contributed by atoms with Crippen LogP contribution in [0.1, 0.15) is 116 Å². The third-order valence-corrected chi connectivity index (χ3v) is 8.18. The molecule has 3 rings (SSSR count). The Labute approximate surface area is 286 Å². The summed E-state index contributed by atoms with van der Waals surface area (Å²) in [5, 5.41) is 2.42. The number of nitrogens with one attached hydrogen (secondary N) is 1. The zero-order chi connectivity index (χ0) is 34.8. The van der Waals surface area contributed by atoms with Gasteiger partial charge in [-0.1, -0.05) is 119 Å². The average molecular weight is 666 g/mol. The van der Waals surface area contributed by atoms with E-state index in [4.69, 9.17) is 14.3 Å². The summed E-state index contributed by atoms with van der Waals surface area (Å²) < 4.78 is 11.3. The van der Waals surface area contributed by atoms with Gasteiger partial charge in [-0.2, -0.15) is 0 Å². The van der Waals surface area contributed by atoms with E-state index < -0.39 is 41.4 Å². The first-order valence-electron chi connectivity index (χ1n) is 17.6. The fourth-order valence-corrected chi connectivity index (χ4v) is 5.73. The van der Waals surface area contributed by atoms with Gasteiger partial charge in [0.25, 0.3) is 0 Å². The standard InChI is InChI=1S/C38H55N3O7/c1-5-6-7-8-9-10-11-18-24-32(27-34(42)39-47-29-31-22-16-13-17-23-31)35(43)41-33(36(44)48-38(2,3)4)25-19-26-40(41)37(45)46-28-30-20-14-12-15-21-30/h12-17,20-23,32-33H,5-11,18-19,24-29H2,1-4H3,(H,39,42)/t32-,33+/m1/s1. The number of hydrogen-bond acceptors (Lipinski definition) is 7. The van der Waals surface area contributed by atoms with E-state index in [9.17, 15) is 19.2 Å². The van der Waals surface area contributed by atoms with Crippen LogP contribution < -0.4 is 5.48 Å². The second kappa shape index (κ2) is 20.4. The van der Waals surface area contributed by atoms with Crippen molar-refractivity contribution in [3.63, 3.8) is 0 Å². The van der Waals surface area contributed by atoms with Gasteiger partial charge in [0.2, 0.25) is 11.8 Å². The molecule has 1 heterocycles. The van der Waals surface area contributed by atoms with Gasteiger partial charge < -0.3 is 9.47 Å². The summed E-state index contributed by atoms with van der Waals surface area (Å²) in [6.45, 7) is 7.86. The van der Waals surface area contributed by atoms with Crippen LogP contribution in [0.15, 0.2) is 60.7 Å². The minimum atomic E-state index is -1.03. The highest BCUT2D eigenvalue weighted by Gasteiger charge is 2.44. The molecule has 1 aliphatic rings. The Balaban J connectivity index is 1.78. The zero-order valence-electron chi connectivity index (χ0n) is 29.3. The number of carbonyl (C=O) groups excluding carboxylic acids is 4. The molecule has 0 bridgehead atoms. The number of nitrogens with zero attached hydrogens (tertiary/aromatic N) is 2. The minimum absolute atomic E-state index is 0.0121. The van der Waals surface area contributed by atoms with Crippen molar-refractivity contribution < 1.29 is 33.5 Å². The van der Waals surface area contributed by atoms with Crippen LogP contribution in [-0.2, 0) is 41.9 Å². The number of hydroxylamine groups is 1. The lowest BCUT2D eigenvalue weighted by atomic mass is 9.94. The Kier molecular flexibility index (Phi) is 16.4. The minimum Gasteiger partial charge on any atom is -0.458 e. The van der Waals surface area contributed by atoms with Gasteiger partial charge in [-0.15, -0.1) is 0 Å². The molecule has 0 aliphatic carbocycles. The van der Waals surface area contributed by atoms with Crippen molar-refractivity contribution in [1.82, 2.24) is 15.5 Å². The van der Waals surface area contributed by atoms with Crippen molar-refractivity contribution in [2.45, 2.75) is 130 Å². The molecular weight excluding hydrogens is 610 g/mol. The van der Waals surface area contributed by atoms with Gasteiger partial charge in [-0.3, -0.25) is 14.4 Å². The van der Waals surface area contributed by atoms with E-state index in [0.29, 0.717) is 19.3 Å². The number of benzene rings is 2. The summed E-state index contributed by atoms with van der Waals surface area (Å²) in [7, 11) is 0. The van der Waals surface area contributed by atoms with E-state index in [1.807, 2.05) is 60.7 Å². The third-order valence-electron chi connectivity index (χ3n) is 8.18.